The molecule has 0 bridgehead atoms. The highest BCUT2D eigenvalue weighted by Gasteiger charge is 2.23. The van der Waals surface area contributed by atoms with E-state index >= 15 is 0 Å². The third-order valence-electron chi connectivity index (χ3n) is 18.6. The van der Waals surface area contributed by atoms with E-state index in [9.17, 15) is 19.4 Å². The van der Waals surface area contributed by atoms with Gasteiger partial charge in [-0.3, -0.25) is 9.36 Å². The predicted molar refractivity (Wildman–Crippen MR) is 390 cm³/mol. The summed E-state index contributed by atoms with van der Waals surface area (Å²) >= 11 is 0. The Labute approximate surface area is 557 Å². The molecule has 1 amide bonds. The van der Waals surface area contributed by atoms with Gasteiger partial charge in [0.1, 0.15) is 13.2 Å². The lowest BCUT2D eigenvalue weighted by molar-refractivity contribution is -0.870. The molecule has 0 aromatic rings. The number of likely N-dealkylation sites (N-methyl/N-ethyl adjacent to an activating group) is 1. The van der Waals surface area contributed by atoms with Crippen LogP contribution in [0.15, 0.2) is 36.5 Å². The zero-order valence-electron chi connectivity index (χ0n) is 60.7. The minimum Gasteiger partial charge on any atom is -0.756 e. The molecular weight excluding hydrogens is 1120 g/mol. The van der Waals surface area contributed by atoms with E-state index in [1.807, 2.05) is 27.2 Å². The lowest BCUT2D eigenvalue weighted by Gasteiger charge is -2.29. The van der Waals surface area contributed by atoms with Gasteiger partial charge in [-0.25, -0.2) is 0 Å². The van der Waals surface area contributed by atoms with E-state index in [4.69, 9.17) is 9.05 Å². The van der Waals surface area contributed by atoms with Crippen molar-refractivity contribution >= 4 is 13.7 Å². The van der Waals surface area contributed by atoms with Gasteiger partial charge in [-0.1, -0.05) is 403 Å². The Bertz CT molecular complexity index is 1550. The maximum Gasteiger partial charge on any atom is 0.268 e. The average molecular weight is 1270 g/mol. The van der Waals surface area contributed by atoms with E-state index in [1.165, 1.54) is 353 Å². The third kappa shape index (κ3) is 74.0. The van der Waals surface area contributed by atoms with Crippen molar-refractivity contribution in [1.29, 1.82) is 0 Å². The fourth-order valence-corrected chi connectivity index (χ4v) is 13.2. The number of aliphatic hydroxyl groups is 1. The van der Waals surface area contributed by atoms with Gasteiger partial charge in [0.15, 0.2) is 0 Å². The van der Waals surface area contributed by atoms with Crippen LogP contribution < -0.4 is 10.2 Å². The monoisotopic (exact) mass is 1270 g/mol. The van der Waals surface area contributed by atoms with Crippen LogP contribution >= 0.6 is 7.82 Å². The van der Waals surface area contributed by atoms with Gasteiger partial charge in [0.25, 0.3) is 7.82 Å². The van der Waals surface area contributed by atoms with E-state index in [-0.39, 0.29) is 12.5 Å². The number of carbonyl (C=O) groups is 1. The Hall–Kier alpha value is -1.28. The first-order chi connectivity index (χ1) is 43.5. The largest absolute Gasteiger partial charge is 0.756 e. The number of aliphatic hydroxyl groups excluding tert-OH is 1. The van der Waals surface area contributed by atoms with Gasteiger partial charge >= 0.3 is 0 Å². The van der Waals surface area contributed by atoms with Gasteiger partial charge in [-0.15, -0.1) is 0 Å². The molecule has 2 N–H and O–H groups in total. The molecule has 0 aliphatic rings. The highest BCUT2D eigenvalue weighted by molar-refractivity contribution is 7.45. The molecule has 0 aromatic carbocycles. The molecule has 9 heteroatoms. The van der Waals surface area contributed by atoms with Crippen LogP contribution in [0.1, 0.15) is 418 Å². The van der Waals surface area contributed by atoms with Gasteiger partial charge in [-0.05, 0) is 44.9 Å². The lowest BCUT2D eigenvalue weighted by Crippen LogP contribution is -2.45. The molecule has 0 aliphatic heterocycles. The van der Waals surface area contributed by atoms with Gasteiger partial charge < -0.3 is 28.8 Å². The van der Waals surface area contributed by atoms with Crippen LogP contribution in [-0.4, -0.2) is 68.5 Å². The second-order valence-electron chi connectivity index (χ2n) is 28.8. The lowest BCUT2D eigenvalue weighted by atomic mass is 10.0. The number of nitrogens with one attached hydrogen (secondary N) is 1. The first-order valence-electron chi connectivity index (χ1n) is 39.9. The number of carbonyl (C=O) groups excluding carboxylic acids is 1. The van der Waals surface area contributed by atoms with E-state index in [2.05, 4.69) is 43.5 Å². The van der Waals surface area contributed by atoms with Gasteiger partial charge in [-0.2, -0.15) is 0 Å². The van der Waals surface area contributed by atoms with Crippen molar-refractivity contribution in [1.82, 2.24) is 5.32 Å². The third-order valence-corrected chi connectivity index (χ3v) is 19.5. The first-order valence-corrected chi connectivity index (χ1v) is 41.3. The number of nitrogens with zero attached hydrogens (tertiary/aromatic N) is 1. The second-order valence-corrected chi connectivity index (χ2v) is 30.2. The molecule has 0 heterocycles. The molecule has 89 heavy (non-hydrogen) atoms. The predicted octanol–water partition coefficient (Wildman–Crippen LogP) is 25.3. The van der Waals surface area contributed by atoms with E-state index in [0.29, 0.717) is 17.4 Å². The Morgan fingerprint density at radius 1 is 0.382 bits per heavy atom. The first kappa shape index (κ1) is 87.7. The van der Waals surface area contributed by atoms with Crippen LogP contribution in [0.2, 0.25) is 0 Å². The summed E-state index contributed by atoms with van der Waals surface area (Å²) in [5.41, 5.74) is 0. The Morgan fingerprint density at radius 3 is 0.910 bits per heavy atom. The minimum atomic E-state index is -4.62. The molecule has 8 nitrogen and oxygen atoms in total. The van der Waals surface area contributed by atoms with Crippen LogP contribution in [-0.2, 0) is 18.4 Å². The number of quaternary nitrogens is 1. The molecule has 0 spiro atoms. The zero-order valence-corrected chi connectivity index (χ0v) is 61.6. The molecule has 528 valence electrons. The Morgan fingerprint density at radius 2 is 0.629 bits per heavy atom. The molecule has 0 fully saturated rings. The maximum absolute atomic E-state index is 13.1. The molecule has 3 atom stereocenters. The highest BCUT2D eigenvalue weighted by Crippen LogP contribution is 2.38. The van der Waals surface area contributed by atoms with Gasteiger partial charge in [0.05, 0.1) is 39.9 Å². The Kier molecular flexibility index (Phi) is 70.0. The fraction of sp³-hybridized carbons (Fsp3) is 0.912. The molecule has 0 aromatic heterocycles. The number of amides is 1. The second kappa shape index (κ2) is 71.0. The van der Waals surface area contributed by atoms with Gasteiger partial charge in [0, 0.05) is 6.42 Å². The summed E-state index contributed by atoms with van der Waals surface area (Å²) < 4.78 is 23.5. The van der Waals surface area contributed by atoms with Crippen molar-refractivity contribution in [2.45, 2.75) is 431 Å². The summed E-state index contributed by atoms with van der Waals surface area (Å²) in [4.78, 5) is 25.7. The Balaban J connectivity index is 3.93. The van der Waals surface area contributed by atoms with Crippen LogP contribution in [0.25, 0.3) is 0 Å². The quantitative estimate of drug-likeness (QED) is 0.0272. The molecule has 0 rings (SSSR count). The number of hydrogen-bond donors (Lipinski definition) is 2. The summed E-state index contributed by atoms with van der Waals surface area (Å²) in [6.07, 6.45) is 96.2. The molecule has 0 aliphatic carbocycles. The van der Waals surface area contributed by atoms with E-state index in [0.717, 1.165) is 44.9 Å². The summed E-state index contributed by atoms with van der Waals surface area (Å²) in [7, 11) is 1.25. The molecule has 0 saturated heterocycles. The van der Waals surface area contributed by atoms with Crippen LogP contribution in [0.5, 0.6) is 0 Å². The number of allylic oxidation sites excluding steroid dienone is 5. The van der Waals surface area contributed by atoms with Crippen LogP contribution in [0.4, 0.5) is 0 Å². The smallest absolute Gasteiger partial charge is 0.268 e. The van der Waals surface area contributed by atoms with Crippen LogP contribution in [0, 0.1) is 0 Å². The summed E-state index contributed by atoms with van der Waals surface area (Å²) in [5.74, 6) is -0.202. The normalized spacial score (nSPS) is 13.7. The van der Waals surface area contributed by atoms with Crippen molar-refractivity contribution in [3.05, 3.63) is 36.5 Å². The molecule has 3 unspecified atom stereocenters. The van der Waals surface area contributed by atoms with Gasteiger partial charge in [0.2, 0.25) is 5.91 Å². The van der Waals surface area contributed by atoms with Crippen molar-refractivity contribution < 1.29 is 32.9 Å². The van der Waals surface area contributed by atoms with Crippen molar-refractivity contribution in [3.8, 4) is 0 Å². The average Bonchev–Trinajstić information content (AvgIpc) is 3.64. The van der Waals surface area contributed by atoms with Crippen molar-refractivity contribution in [2.24, 2.45) is 0 Å². The maximum atomic E-state index is 13.1. The standard InChI is InChI=1S/C80H157N2O6P/c1-6-8-10-12-14-16-18-20-22-24-26-28-30-32-34-35-36-37-38-39-40-41-42-43-44-45-46-47-48-50-52-54-56-58-60-62-64-66-68-70-72-74-80(84)81-78(77-88-89(85,86)87-76-75-82(3,4)5)79(83)73-71-69-67-65-63-61-59-57-55-53-51-49-33-31-29-27-25-23-21-19-17-15-13-11-9-7-2/h55,57,63,65,71,73,78-79,83H,6-54,56,58-62,64,66-70,72,74-77H2,1-5H3,(H-,81,84,85,86)/b57-55+,65-63+,73-71+. The highest BCUT2D eigenvalue weighted by atomic mass is 31.2. The SMILES string of the molecule is CCCCCCCCCCCCCCCCCC/C=C/CC/C=C/CC/C=C/C(O)C(COP(=O)([O-])OCC[N+](C)(C)C)NC(=O)CCCCCCCCCCCCCCCCCCCCCCCCCCCCCCCCCCCCCCCCCCC. The number of unbranched alkanes of at least 4 members (excludes halogenated alkanes) is 58. The minimum absolute atomic E-state index is 0.00698. The molecule has 0 radical (unpaired) electrons. The molecular formula is C80H157N2O6P. The number of rotatable bonds is 75. The number of phosphoric acid groups is 1. The summed E-state index contributed by atoms with van der Waals surface area (Å²) in [6, 6.07) is -0.910. The summed E-state index contributed by atoms with van der Waals surface area (Å²) in [6.45, 7) is 4.69. The molecule has 0 saturated carbocycles. The number of hydrogen-bond acceptors (Lipinski definition) is 6. The van der Waals surface area contributed by atoms with Crippen molar-refractivity contribution in [2.75, 3.05) is 40.9 Å². The zero-order chi connectivity index (χ0) is 64.8. The topological polar surface area (TPSA) is 108 Å². The van der Waals surface area contributed by atoms with E-state index < -0.39 is 26.6 Å². The van der Waals surface area contributed by atoms with E-state index in [1.54, 1.807) is 6.08 Å². The number of phosphoric ester groups is 1. The van der Waals surface area contributed by atoms with Crippen LogP contribution in [0.3, 0.4) is 0 Å². The summed E-state index contributed by atoms with van der Waals surface area (Å²) in [5, 5.41) is 14.0. The fourth-order valence-electron chi connectivity index (χ4n) is 12.4. The van der Waals surface area contributed by atoms with Crippen molar-refractivity contribution in [3.63, 3.8) is 0 Å².